The average Bonchev–Trinajstić information content (AvgIpc) is 3.33. The van der Waals surface area contributed by atoms with Gasteiger partial charge in [0.2, 0.25) is 0 Å². The Kier molecular flexibility index (Phi) is 7.94. The number of halogens is 2. The van der Waals surface area contributed by atoms with Crippen molar-refractivity contribution in [1.29, 1.82) is 0 Å². The summed E-state index contributed by atoms with van der Waals surface area (Å²) in [5.74, 6) is -0.333. The molecule has 7 nitrogen and oxygen atoms in total. The zero-order chi connectivity index (χ0) is 27.4. The third-order valence-corrected chi connectivity index (χ3v) is 6.82. The first kappa shape index (κ1) is 26.5. The molecule has 0 aliphatic rings. The number of carbonyl (C=O) groups is 2. The van der Waals surface area contributed by atoms with E-state index in [0.29, 0.717) is 27.6 Å². The van der Waals surface area contributed by atoms with Crippen LogP contribution in [0.1, 0.15) is 26.4 Å². The second-order valence-electron chi connectivity index (χ2n) is 8.44. The molecule has 1 amide bonds. The van der Waals surface area contributed by atoms with Gasteiger partial charge in [0.25, 0.3) is 5.91 Å². The van der Waals surface area contributed by atoms with Gasteiger partial charge in [0.05, 0.1) is 18.9 Å². The number of amides is 1. The normalized spacial score (nSPS) is 11.1. The number of aromatic nitrogens is 1. The van der Waals surface area contributed by atoms with E-state index >= 15 is 0 Å². The van der Waals surface area contributed by atoms with Crippen LogP contribution in [0.15, 0.2) is 96.1 Å². The summed E-state index contributed by atoms with van der Waals surface area (Å²) in [6, 6.07) is 27.1. The van der Waals surface area contributed by atoms with Gasteiger partial charge in [-0.05, 0) is 94.4 Å². The van der Waals surface area contributed by atoms with Crippen molar-refractivity contribution in [3.05, 3.63) is 116 Å². The quantitative estimate of drug-likeness (QED) is 0.0648. The first-order valence-electron chi connectivity index (χ1n) is 11.8. The Hall–Kier alpha value is -4.15. The van der Waals surface area contributed by atoms with Gasteiger partial charge in [-0.25, -0.2) is 10.2 Å². The maximum absolute atomic E-state index is 13.2. The monoisotopic (exact) mass is 649 g/mol. The lowest BCUT2D eigenvalue weighted by Gasteiger charge is -2.10. The lowest BCUT2D eigenvalue weighted by molar-refractivity contribution is 0.0729. The van der Waals surface area contributed by atoms with E-state index < -0.39 is 5.97 Å². The molecule has 0 bridgehead atoms. The third kappa shape index (κ3) is 5.97. The number of carbonyl (C=O) groups excluding carboxylic acids is 2. The summed E-state index contributed by atoms with van der Waals surface area (Å²) < 4.78 is 11.9. The van der Waals surface area contributed by atoms with E-state index in [1.54, 1.807) is 42.5 Å². The van der Waals surface area contributed by atoms with E-state index in [1.807, 2.05) is 48.5 Å². The second kappa shape index (κ2) is 11.7. The fraction of sp³-hybridized carbons (Fsp3) is 0.0333. The van der Waals surface area contributed by atoms with E-state index in [1.165, 1.54) is 13.3 Å². The Morgan fingerprint density at radius 3 is 2.46 bits per heavy atom. The molecule has 5 rings (SSSR count). The molecule has 5 aromatic rings. The number of hydrogen-bond acceptors (Lipinski definition) is 5. The predicted molar refractivity (Wildman–Crippen MR) is 161 cm³/mol. The summed E-state index contributed by atoms with van der Waals surface area (Å²) in [4.78, 5) is 28.9. The van der Waals surface area contributed by atoms with Gasteiger partial charge in [0.15, 0.2) is 11.5 Å². The summed E-state index contributed by atoms with van der Waals surface area (Å²) in [5, 5.41) is 5.62. The van der Waals surface area contributed by atoms with Crippen molar-refractivity contribution in [2.45, 2.75) is 0 Å². The highest BCUT2D eigenvalue weighted by atomic mass is 127. The SMILES string of the molecule is COc1cc(C=NNC(=O)c2[nH]c3ccc(I)cc3c2-c2ccccc2)ccc1OC(=O)c1ccc(Cl)cc1. The first-order chi connectivity index (χ1) is 18.9. The molecule has 0 radical (unpaired) electrons. The molecule has 0 aliphatic heterocycles. The van der Waals surface area contributed by atoms with Gasteiger partial charge in [0, 0.05) is 25.1 Å². The third-order valence-electron chi connectivity index (χ3n) is 5.90. The van der Waals surface area contributed by atoms with Crippen LogP contribution in [-0.2, 0) is 0 Å². The molecule has 0 spiro atoms. The Balaban J connectivity index is 1.34. The molecular weight excluding hydrogens is 629 g/mol. The molecule has 2 N–H and O–H groups in total. The molecule has 4 aromatic carbocycles. The topological polar surface area (TPSA) is 92.8 Å². The fourth-order valence-electron chi connectivity index (χ4n) is 4.05. The van der Waals surface area contributed by atoms with Crippen LogP contribution in [0.3, 0.4) is 0 Å². The maximum Gasteiger partial charge on any atom is 0.343 e. The van der Waals surface area contributed by atoms with Crippen molar-refractivity contribution in [2.75, 3.05) is 7.11 Å². The van der Waals surface area contributed by atoms with Crippen LogP contribution in [0.25, 0.3) is 22.0 Å². The van der Waals surface area contributed by atoms with Crippen molar-refractivity contribution >= 4 is 63.2 Å². The van der Waals surface area contributed by atoms with Gasteiger partial charge in [-0.1, -0.05) is 41.9 Å². The molecule has 39 heavy (non-hydrogen) atoms. The second-order valence-corrected chi connectivity index (χ2v) is 10.1. The van der Waals surface area contributed by atoms with Crippen molar-refractivity contribution in [2.24, 2.45) is 5.10 Å². The maximum atomic E-state index is 13.2. The minimum Gasteiger partial charge on any atom is -0.493 e. The zero-order valence-electron chi connectivity index (χ0n) is 20.6. The number of hydrogen-bond donors (Lipinski definition) is 2. The molecule has 0 fully saturated rings. The fourth-order valence-corrected chi connectivity index (χ4v) is 4.67. The van der Waals surface area contributed by atoms with Crippen molar-refractivity contribution < 1.29 is 19.1 Å². The Labute approximate surface area is 242 Å². The summed E-state index contributed by atoms with van der Waals surface area (Å²) in [6.07, 6.45) is 1.49. The standard InChI is InChI=1S/C30H21ClIN3O4/c1-38-26-15-18(7-14-25(26)39-30(37)20-8-10-21(31)11-9-20)17-33-35-29(36)28-27(19-5-3-2-4-6-19)23-16-22(32)12-13-24(23)34-28/h2-17,34H,1H3,(H,35,36). The predicted octanol–water partition coefficient (Wildman–Crippen LogP) is 7.08. The van der Waals surface area contributed by atoms with Crippen molar-refractivity contribution in [3.63, 3.8) is 0 Å². The Morgan fingerprint density at radius 2 is 1.72 bits per heavy atom. The number of aromatic amines is 1. The van der Waals surface area contributed by atoms with Crippen LogP contribution in [0.5, 0.6) is 11.5 Å². The first-order valence-corrected chi connectivity index (χ1v) is 13.2. The number of methoxy groups -OCH3 is 1. The smallest absolute Gasteiger partial charge is 0.343 e. The van der Waals surface area contributed by atoms with Crippen LogP contribution >= 0.6 is 34.2 Å². The minimum absolute atomic E-state index is 0.249. The van der Waals surface area contributed by atoms with Crippen LogP contribution < -0.4 is 14.9 Å². The van der Waals surface area contributed by atoms with E-state index in [-0.39, 0.29) is 11.7 Å². The van der Waals surface area contributed by atoms with E-state index in [2.05, 4.69) is 38.1 Å². The van der Waals surface area contributed by atoms with Crippen LogP contribution in [0, 0.1) is 3.57 Å². The average molecular weight is 650 g/mol. The van der Waals surface area contributed by atoms with Crippen LogP contribution in [0.2, 0.25) is 5.02 Å². The summed E-state index contributed by atoms with van der Waals surface area (Å²) in [5.41, 5.74) is 6.60. The highest BCUT2D eigenvalue weighted by Gasteiger charge is 2.19. The minimum atomic E-state index is -0.541. The molecule has 0 atom stereocenters. The highest BCUT2D eigenvalue weighted by Crippen LogP contribution is 2.33. The van der Waals surface area contributed by atoms with Gasteiger partial charge < -0.3 is 14.5 Å². The molecule has 9 heteroatoms. The number of benzene rings is 4. The zero-order valence-corrected chi connectivity index (χ0v) is 23.5. The van der Waals surface area contributed by atoms with Gasteiger partial charge in [-0.15, -0.1) is 0 Å². The summed E-state index contributed by atoms with van der Waals surface area (Å²) in [7, 11) is 1.47. The molecule has 1 heterocycles. The molecule has 194 valence electrons. The molecule has 0 aliphatic carbocycles. The van der Waals surface area contributed by atoms with Gasteiger partial charge in [-0.3, -0.25) is 4.79 Å². The van der Waals surface area contributed by atoms with Crippen molar-refractivity contribution in [1.82, 2.24) is 10.4 Å². The lowest BCUT2D eigenvalue weighted by Crippen LogP contribution is -2.18. The van der Waals surface area contributed by atoms with E-state index in [9.17, 15) is 9.59 Å². The number of nitrogens with zero attached hydrogens (tertiary/aromatic N) is 1. The van der Waals surface area contributed by atoms with Crippen LogP contribution in [-0.4, -0.2) is 30.2 Å². The number of hydrazone groups is 1. The largest absolute Gasteiger partial charge is 0.493 e. The number of H-pyrrole nitrogens is 1. The summed E-state index contributed by atoms with van der Waals surface area (Å²) >= 11 is 8.14. The Bertz CT molecular complexity index is 1700. The molecular formula is C30H21ClIN3O4. The number of rotatable bonds is 7. The van der Waals surface area contributed by atoms with Crippen molar-refractivity contribution in [3.8, 4) is 22.6 Å². The molecule has 0 unspecified atom stereocenters. The highest BCUT2D eigenvalue weighted by molar-refractivity contribution is 14.1. The Morgan fingerprint density at radius 1 is 0.949 bits per heavy atom. The number of nitrogens with one attached hydrogen (secondary N) is 2. The van der Waals surface area contributed by atoms with Gasteiger partial charge in [0.1, 0.15) is 5.69 Å². The van der Waals surface area contributed by atoms with E-state index in [4.69, 9.17) is 21.1 Å². The number of ether oxygens (including phenoxy) is 2. The molecule has 1 aromatic heterocycles. The van der Waals surface area contributed by atoms with Crippen LogP contribution in [0.4, 0.5) is 0 Å². The van der Waals surface area contributed by atoms with E-state index in [0.717, 1.165) is 25.6 Å². The number of fused-ring (bicyclic) bond motifs is 1. The molecule has 0 saturated carbocycles. The summed E-state index contributed by atoms with van der Waals surface area (Å²) in [6.45, 7) is 0. The van der Waals surface area contributed by atoms with Gasteiger partial charge >= 0.3 is 5.97 Å². The number of esters is 1. The molecule has 0 saturated heterocycles. The van der Waals surface area contributed by atoms with Gasteiger partial charge in [-0.2, -0.15) is 5.10 Å². The lowest BCUT2D eigenvalue weighted by atomic mass is 10.0.